The number of benzene rings is 6. The van der Waals surface area contributed by atoms with Crippen molar-refractivity contribution in [1.82, 2.24) is 52.8 Å². The van der Waals surface area contributed by atoms with Crippen molar-refractivity contribution in [2.45, 2.75) is 152 Å². The second-order valence-electron chi connectivity index (χ2n) is 25.3. The molecule has 7 rings (SSSR count). The number of nitrogens with one attached hydrogen (secondary N) is 10. The number of H-pyrrole nitrogens is 1. The normalized spacial score (nSPS) is 13.6. The molecule has 0 saturated carbocycles. The Morgan fingerprint density at radius 2 is 0.762 bits per heavy atom. The van der Waals surface area contributed by atoms with Gasteiger partial charge in [-0.1, -0.05) is 167 Å². The summed E-state index contributed by atoms with van der Waals surface area (Å²) in [5, 5.41) is 73.1. The van der Waals surface area contributed by atoms with E-state index < -0.39 is 145 Å². The van der Waals surface area contributed by atoms with Crippen LogP contribution in [0.2, 0.25) is 0 Å². The highest BCUT2D eigenvalue weighted by atomic mass is 16.4. The molecule has 9 amide bonds. The number of aliphatic carboxylic acids is 3. The van der Waals surface area contributed by atoms with Crippen LogP contribution < -0.4 is 53.6 Å². The maximum atomic E-state index is 15.4. The van der Waals surface area contributed by atoms with Gasteiger partial charge in [-0.15, -0.1) is 0 Å². The Hall–Kier alpha value is -12.3. The number of aromatic hydroxyl groups is 2. The Morgan fingerprint density at radius 1 is 0.390 bits per heavy atom. The number of carboxylic acid groups (broad SMARTS) is 3. The van der Waals surface area contributed by atoms with Gasteiger partial charge in [0.2, 0.25) is 53.2 Å². The zero-order valence-electron chi connectivity index (χ0n) is 57.8. The van der Waals surface area contributed by atoms with Gasteiger partial charge < -0.3 is 84.1 Å². The number of aromatic amines is 1. The maximum Gasteiger partial charge on any atom is 0.326 e. The molecule has 0 fully saturated rings. The Labute approximate surface area is 604 Å². The summed E-state index contributed by atoms with van der Waals surface area (Å²) < 4.78 is 0. The number of carboxylic acids is 3. The number of ketones is 1. The van der Waals surface area contributed by atoms with Crippen molar-refractivity contribution in [3.63, 3.8) is 0 Å². The fourth-order valence-corrected chi connectivity index (χ4v) is 11.4. The molecule has 0 radical (unpaired) electrons. The average molecular weight is 1440 g/mol. The first-order chi connectivity index (χ1) is 50.3. The minimum atomic E-state index is -1.86. The van der Waals surface area contributed by atoms with E-state index in [2.05, 4.69) is 52.8 Å². The summed E-state index contributed by atoms with van der Waals surface area (Å²) >= 11 is 0. The number of phenols is 2. The van der Waals surface area contributed by atoms with Crippen LogP contribution in [0.4, 0.5) is 0 Å². The largest absolute Gasteiger partial charge is 0.508 e. The number of nitrogens with two attached hydrogens (primary N) is 1. The molecule has 0 aliphatic heterocycles. The number of rotatable bonds is 41. The quantitative estimate of drug-likeness (QED) is 0.0245. The van der Waals surface area contributed by atoms with Crippen molar-refractivity contribution in [1.29, 1.82) is 0 Å². The molecule has 7 aromatic rings. The van der Waals surface area contributed by atoms with Crippen molar-refractivity contribution >= 4 is 87.8 Å². The third kappa shape index (κ3) is 25.3. The molecule has 0 saturated heterocycles. The van der Waals surface area contributed by atoms with Crippen LogP contribution in [0.15, 0.2) is 164 Å². The molecule has 17 N–H and O–H groups in total. The number of para-hydroxylation sites is 1. The van der Waals surface area contributed by atoms with Crippen LogP contribution in [0, 0.1) is 0 Å². The fourth-order valence-electron chi connectivity index (χ4n) is 11.4. The van der Waals surface area contributed by atoms with Gasteiger partial charge in [-0.2, -0.15) is 0 Å². The van der Waals surface area contributed by atoms with E-state index in [1.807, 2.05) is 0 Å². The minimum Gasteiger partial charge on any atom is -0.508 e. The molecule has 105 heavy (non-hydrogen) atoms. The smallest absolute Gasteiger partial charge is 0.326 e. The number of carbonyl (C=O) groups excluding carboxylic acids is 10. The molecular formula is C76H87N11O18. The van der Waals surface area contributed by atoms with Crippen LogP contribution in [0.5, 0.6) is 11.5 Å². The zero-order valence-corrected chi connectivity index (χ0v) is 57.8. The lowest BCUT2D eigenvalue weighted by Gasteiger charge is -2.28. The first kappa shape index (κ1) is 80.0. The number of hydrogen-bond donors (Lipinski definition) is 16. The van der Waals surface area contributed by atoms with Gasteiger partial charge in [-0.25, -0.2) is 4.79 Å². The summed E-state index contributed by atoms with van der Waals surface area (Å²) in [5.41, 5.74) is 9.72. The van der Waals surface area contributed by atoms with E-state index in [1.165, 1.54) is 48.5 Å². The SMILES string of the molecule is CCCC[C@H](NC(=O)[C@H](Cc1c[nH]c2ccccc12)NC(=O)[C@H](Cc1ccc(C(=O)c2ccccc2)cc1)NC(=O)[C@H](CCCC)NC(=O)[C@H](Cc1ccc(O)cc1)NC(=O)[C@H](CC(=O)O)NC(=O)CNC(=O)[C@H](N)Cc1ccc(O)cc1)C(=O)N[C@@H](CC(=O)O)C(=O)N[C@@H](Cc1ccccc1)C(=O)O. The lowest BCUT2D eigenvalue weighted by molar-refractivity contribution is -0.144. The Morgan fingerprint density at radius 3 is 1.25 bits per heavy atom. The van der Waals surface area contributed by atoms with E-state index in [0.29, 0.717) is 63.5 Å². The Balaban J connectivity index is 1.17. The lowest BCUT2D eigenvalue weighted by atomic mass is 9.98. The molecule has 29 nitrogen and oxygen atoms in total. The molecule has 0 aliphatic carbocycles. The molecule has 1 aromatic heterocycles. The van der Waals surface area contributed by atoms with Crippen LogP contribution in [-0.4, -0.2) is 168 Å². The molecule has 0 unspecified atom stereocenters. The molecule has 554 valence electrons. The number of hydrogen-bond acceptors (Lipinski definition) is 16. The molecule has 9 atom stereocenters. The number of aromatic nitrogens is 1. The topological polar surface area (TPSA) is 473 Å². The monoisotopic (exact) mass is 1440 g/mol. The van der Waals surface area contributed by atoms with Crippen LogP contribution >= 0.6 is 0 Å². The first-order valence-electron chi connectivity index (χ1n) is 34.2. The second-order valence-corrected chi connectivity index (χ2v) is 25.3. The minimum absolute atomic E-state index is 0.0123. The van der Waals surface area contributed by atoms with E-state index in [1.54, 1.807) is 129 Å². The molecular weight excluding hydrogens is 1350 g/mol. The number of carbonyl (C=O) groups is 13. The third-order valence-corrected chi connectivity index (χ3v) is 17.1. The predicted octanol–water partition coefficient (Wildman–Crippen LogP) is 3.06. The number of amides is 9. The van der Waals surface area contributed by atoms with Crippen molar-refractivity contribution in [3.05, 3.63) is 203 Å². The van der Waals surface area contributed by atoms with Gasteiger partial charge in [0.05, 0.1) is 25.4 Å². The summed E-state index contributed by atoms with van der Waals surface area (Å²) in [5.74, 6) is -14.1. The summed E-state index contributed by atoms with van der Waals surface area (Å²) in [7, 11) is 0. The molecule has 6 aromatic carbocycles. The van der Waals surface area contributed by atoms with Crippen LogP contribution in [0.25, 0.3) is 10.9 Å². The molecule has 0 spiro atoms. The standard InChI is InChI=1S/C76H87N11O18/c1-3-5-20-56(81-71(99)58(37-47-27-33-52(89)34-28-47)84-74(102)61(40-65(91)92)80-64(90)43-79-68(96)54(77)35-45-25-31-51(88)32-26-45)69(97)83-59(36-46-23-29-49(30-24-46)67(95)48-17-11-8-12-18-48)72(100)85-60(39-50-42-78-55-22-14-13-19-53(50)55)73(101)82-57(21-6-4-2)70(98)86-62(41-66(93)94)75(103)87-63(76(104)105)38-44-15-9-7-10-16-44/h7-19,22-34,42,54,56-63,78,88-89H,3-6,20-21,35-41,43,77H2,1-2H3,(H,79,96)(H,80,90)(H,81,99)(H,82,101)(H,83,97)(H,84,102)(H,85,100)(H,86,98)(H,87,103)(H,91,92)(H,93,94)(H,104,105)/t54-,56+,57+,58+,59+,60+,61+,62+,63+/m1/s1. The second kappa shape index (κ2) is 39.8. The highest BCUT2D eigenvalue weighted by Gasteiger charge is 2.37. The van der Waals surface area contributed by atoms with Crippen molar-refractivity contribution in [2.75, 3.05) is 6.54 Å². The fraction of sp³-hybridized carbons (Fsp3) is 0.329. The number of fused-ring (bicyclic) bond motifs is 1. The predicted molar refractivity (Wildman–Crippen MR) is 383 cm³/mol. The van der Waals surface area contributed by atoms with Gasteiger partial charge in [0, 0.05) is 53.9 Å². The number of unbranched alkanes of at least 4 members (excludes halogenated alkanes) is 2. The first-order valence-corrected chi connectivity index (χ1v) is 34.2. The highest BCUT2D eigenvalue weighted by molar-refractivity contribution is 6.09. The molecule has 29 heteroatoms. The highest BCUT2D eigenvalue weighted by Crippen LogP contribution is 2.22. The van der Waals surface area contributed by atoms with Gasteiger partial charge in [-0.05, 0) is 77.4 Å². The zero-order chi connectivity index (χ0) is 76.1. The lowest BCUT2D eigenvalue weighted by Crippen LogP contribution is -2.61. The Bertz CT molecular complexity index is 4180. The van der Waals surface area contributed by atoms with E-state index in [-0.39, 0.29) is 74.2 Å². The van der Waals surface area contributed by atoms with E-state index in [9.17, 15) is 73.5 Å². The van der Waals surface area contributed by atoms with Gasteiger partial charge in [0.25, 0.3) is 0 Å². The van der Waals surface area contributed by atoms with E-state index >= 15 is 14.4 Å². The van der Waals surface area contributed by atoms with E-state index in [4.69, 9.17) is 5.73 Å². The maximum absolute atomic E-state index is 15.4. The number of phenolic OH excluding ortho intramolecular Hbond substituents is 2. The average Bonchev–Trinajstić information content (AvgIpc) is 1.74. The van der Waals surface area contributed by atoms with Crippen LogP contribution in [0.3, 0.4) is 0 Å². The van der Waals surface area contributed by atoms with Crippen molar-refractivity contribution in [2.24, 2.45) is 5.73 Å². The molecule has 0 bridgehead atoms. The summed E-state index contributed by atoms with van der Waals surface area (Å²) in [6, 6.07) is 26.9. The van der Waals surface area contributed by atoms with Gasteiger partial charge in [0.15, 0.2) is 5.78 Å². The summed E-state index contributed by atoms with van der Waals surface area (Å²) in [6.45, 7) is 2.83. The van der Waals surface area contributed by atoms with Crippen molar-refractivity contribution in [3.8, 4) is 11.5 Å². The Kier molecular flexibility index (Phi) is 30.3. The van der Waals surface area contributed by atoms with Gasteiger partial charge in [0.1, 0.15) is 59.8 Å². The van der Waals surface area contributed by atoms with Gasteiger partial charge >= 0.3 is 17.9 Å². The van der Waals surface area contributed by atoms with Gasteiger partial charge in [-0.3, -0.25) is 57.5 Å². The van der Waals surface area contributed by atoms with Crippen molar-refractivity contribution < 1.29 is 87.9 Å². The third-order valence-electron chi connectivity index (χ3n) is 17.1. The molecule has 1 heterocycles. The molecule has 0 aliphatic rings. The van der Waals surface area contributed by atoms with Crippen LogP contribution in [0.1, 0.15) is 109 Å². The summed E-state index contributed by atoms with van der Waals surface area (Å²) in [6.07, 6.45) is -0.185. The summed E-state index contributed by atoms with van der Waals surface area (Å²) in [4.78, 5) is 183. The van der Waals surface area contributed by atoms with E-state index in [0.717, 1.165) is 0 Å². The van der Waals surface area contributed by atoms with Crippen LogP contribution in [-0.2, 0) is 89.6 Å².